The minimum Gasteiger partial charge on any atom is -0.322 e. The predicted octanol–water partition coefficient (Wildman–Crippen LogP) is 4.48. The minimum absolute atomic E-state index is 0.168. The Kier molecular flexibility index (Phi) is 4.99. The summed E-state index contributed by atoms with van der Waals surface area (Å²) < 4.78 is 0. The molecule has 5 heteroatoms. The zero-order valence-corrected chi connectivity index (χ0v) is 17.1. The SMILES string of the molecule is Cc1cc(C)cc(NC(=O)c2ccccc2N2C(=O)[C@H]3CC[C@H](C)C[C@@H]3C2=O)c1. The van der Waals surface area contributed by atoms with Crippen LogP contribution < -0.4 is 10.2 Å². The molecule has 2 aromatic rings. The number of carbonyl (C=O) groups excluding carboxylic acids is 3. The monoisotopic (exact) mass is 390 g/mol. The molecule has 1 N–H and O–H groups in total. The highest BCUT2D eigenvalue weighted by molar-refractivity contribution is 6.24. The molecule has 150 valence electrons. The molecule has 1 aliphatic carbocycles. The maximum Gasteiger partial charge on any atom is 0.257 e. The van der Waals surface area contributed by atoms with Gasteiger partial charge in [-0.15, -0.1) is 0 Å². The number of hydrogen-bond acceptors (Lipinski definition) is 3. The molecule has 2 aromatic carbocycles. The summed E-state index contributed by atoms with van der Waals surface area (Å²) in [4.78, 5) is 40.4. The molecule has 2 fully saturated rings. The molecule has 1 aliphatic heterocycles. The van der Waals surface area contributed by atoms with Crippen molar-refractivity contribution in [2.24, 2.45) is 17.8 Å². The molecule has 0 bridgehead atoms. The van der Waals surface area contributed by atoms with E-state index in [0.29, 0.717) is 22.9 Å². The van der Waals surface area contributed by atoms with Gasteiger partial charge in [0.05, 0.1) is 23.1 Å². The van der Waals surface area contributed by atoms with Crippen LogP contribution in [0.1, 0.15) is 47.7 Å². The Morgan fingerprint density at radius 1 is 0.966 bits per heavy atom. The van der Waals surface area contributed by atoms with Crippen LogP contribution in [0.15, 0.2) is 42.5 Å². The molecule has 0 aromatic heterocycles. The van der Waals surface area contributed by atoms with Gasteiger partial charge in [0.15, 0.2) is 0 Å². The van der Waals surface area contributed by atoms with Crippen molar-refractivity contribution in [3.63, 3.8) is 0 Å². The van der Waals surface area contributed by atoms with E-state index < -0.39 is 0 Å². The summed E-state index contributed by atoms with van der Waals surface area (Å²) in [6.07, 6.45) is 2.44. The second-order valence-electron chi connectivity index (χ2n) is 8.49. The fourth-order valence-electron chi connectivity index (χ4n) is 4.73. The van der Waals surface area contributed by atoms with E-state index in [-0.39, 0.29) is 29.6 Å². The largest absolute Gasteiger partial charge is 0.322 e. The molecule has 0 radical (unpaired) electrons. The van der Waals surface area contributed by atoms with Gasteiger partial charge in [-0.05, 0) is 74.4 Å². The highest BCUT2D eigenvalue weighted by atomic mass is 16.2. The van der Waals surface area contributed by atoms with Crippen molar-refractivity contribution in [2.45, 2.75) is 40.0 Å². The summed E-state index contributed by atoms with van der Waals surface area (Å²) in [7, 11) is 0. The molecule has 1 heterocycles. The first-order valence-electron chi connectivity index (χ1n) is 10.2. The van der Waals surface area contributed by atoms with Gasteiger partial charge in [-0.2, -0.15) is 0 Å². The van der Waals surface area contributed by atoms with E-state index in [0.717, 1.165) is 30.4 Å². The van der Waals surface area contributed by atoms with Crippen molar-refractivity contribution < 1.29 is 14.4 Å². The number of aryl methyl sites for hydroxylation is 2. The Balaban J connectivity index is 1.65. The zero-order chi connectivity index (χ0) is 20.7. The van der Waals surface area contributed by atoms with Gasteiger partial charge in [-0.1, -0.05) is 25.1 Å². The smallest absolute Gasteiger partial charge is 0.257 e. The van der Waals surface area contributed by atoms with Crippen LogP contribution in [-0.2, 0) is 9.59 Å². The molecule has 3 amide bonds. The van der Waals surface area contributed by atoms with Crippen LogP contribution >= 0.6 is 0 Å². The van der Waals surface area contributed by atoms with Gasteiger partial charge in [-0.3, -0.25) is 14.4 Å². The summed E-state index contributed by atoms with van der Waals surface area (Å²) in [6, 6.07) is 12.7. The highest BCUT2D eigenvalue weighted by Crippen LogP contribution is 2.42. The van der Waals surface area contributed by atoms with Crippen molar-refractivity contribution in [1.29, 1.82) is 0 Å². The predicted molar refractivity (Wildman–Crippen MR) is 113 cm³/mol. The Hall–Kier alpha value is -2.95. The van der Waals surface area contributed by atoms with Crippen molar-refractivity contribution >= 4 is 29.1 Å². The number of nitrogens with one attached hydrogen (secondary N) is 1. The van der Waals surface area contributed by atoms with E-state index >= 15 is 0 Å². The van der Waals surface area contributed by atoms with Gasteiger partial charge in [0.1, 0.15) is 0 Å². The maximum absolute atomic E-state index is 13.1. The lowest BCUT2D eigenvalue weighted by atomic mass is 9.76. The molecule has 0 unspecified atom stereocenters. The number of fused-ring (bicyclic) bond motifs is 1. The lowest BCUT2D eigenvalue weighted by molar-refractivity contribution is -0.122. The highest BCUT2D eigenvalue weighted by Gasteiger charge is 2.50. The molecule has 2 aliphatic rings. The summed E-state index contributed by atoms with van der Waals surface area (Å²) >= 11 is 0. The van der Waals surface area contributed by atoms with Crippen LogP contribution in [0.2, 0.25) is 0 Å². The third-order valence-corrected chi connectivity index (χ3v) is 6.06. The van der Waals surface area contributed by atoms with E-state index in [1.807, 2.05) is 32.0 Å². The normalized spacial score (nSPS) is 23.8. The third-order valence-electron chi connectivity index (χ3n) is 6.06. The minimum atomic E-state index is -0.325. The number of hydrogen-bond donors (Lipinski definition) is 1. The summed E-state index contributed by atoms with van der Waals surface area (Å²) in [6.45, 7) is 6.07. The van der Waals surface area contributed by atoms with E-state index in [2.05, 4.69) is 12.2 Å². The van der Waals surface area contributed by atoms with Crippen molar-refractivity contribution in [2.75, 3.05) is 10.2 Å². The van der Waals surface area contributed by atoms with Gasteiger partial charge in [-0.25, -0.2) is 4.90 Å². The van der Waals surface area contributed by atoms with Gasteiger partial charge in [0.25, 0.3) is 5.91 Å². The van der Waals surface area contributed by atoms with Gasteiger partial charge >= 0.3 is 0 Å². The van der Waals surface area contributed by atoms with Gasteiger partial charge < -0.3 is 5.32 Å². The fourth-order valence-corrected chi connectivity index (χ4v) is 4.73. The van der Waals surface area contributed by atoms with Crippen molar-refractivity contribution in [1.82, 2.24) is 0 Å². The molecule has 1 saturated heterocycles. The summed E-state index contributed by atoms with van der Waals surface area (Å²) in [5.41, 5.74) is 3.52. The fraction of sp³-hybridized carbons (Fsp3) is 0.375. The second kappa shape index (κ2) is 7.47. The molecule has 0 spiro atoms. The van der Waals surface area contributed by atoms with Gasteiger partial charge in [0, 0.05) is 5.69 Å². The molecule has 3 atom stereocenters. The number of anilines is 2. The molecular weight excluding hydrogens is 364 g/mol. The topological polar surface area (TPSA) is 66.5 Å². The van der Waals surface area contributed by atoms with E-state index in [1.54, 1.807) is 24.3 Å². The molecule has 5 nitrogen and oxygen atoms in total. The number of nitrogens with zero attached hydrogens (tertiary/aromatic N) is 1. The van der Waals surface area contributed by atoms with Crippen LogP contribution in [0.5, 0.6) is 0 Å². The first-order chi connectivity index (χ1) is 13.8. The number of para-hydroxylation sites is 1. The molecular formula is C24H26N2O3. The van der Waals surface area contributed by atoms with Crippen LogP contribution in [0.3, 0.4) is 0 Å². The number of amides is 3. The van der Waals surface area contributed by atoms with Crippen LogP contribution in [0.4, 0.5) is 11.4 Å². The average molecular weight is 390 g/mol. The Labute approximate surface area is 171 Å². The Bertz CT molecular complexity index is 977. The Morgan fingerprint density at radius 3 is 2.34 bits per heavy atom. The molecule has 29 heavy (non-hydrogen) atoms. The number of imide groups is 1. The van der Waals surface area contributed by atoms with E-state index in [9.17, 15) is 14.4 Å². The second-order valence-corrected chi connectivity index (χ2v) is 8.49. The third kappa shape index (κ3) is 3.57. The summed E-state index contributed by atoms with van der Waals surface area (Å²) in [5, 5.41) is 2.92. The van der Waals surface area contributed by atoms with Crippen molar-refractivity contribution in [3.05, 3.63) is 59.2 Å². The Morgan fingerprint density at radius 2 is 1.62 bits per heavy atom. The summed E-state index contributed by atoms with van der Waals surface area (Å²) in [5.74, 6) is -0.738. The van der Waals surface area contributed by atoms with Crippen LogP contribution in [0.25, 0.3) is 0 Å². The van der Waals surface area contributed by atoms with E-state index in [4.69, 9.17) is 0 Å². The number of rotatable bonds is 3. The average Bonchev–Trinajstić information content (AvgIpc) is 2.91. The van der Waals surface area contributed by atoms with Gasteiger partial charge in [0.2, 0.25) is 11.8 Å². The van der Waals surface area contributed by atoms with Crippen molar-refractivity contribution in [3.8, 4) is 0 Å². The standard InChI is InChI=1S/C24H26N2O3/c1-14-8-9-18-20(13-14)24(29)26(23(18)28)21-7-5-4-6-19(21)22(27)25-17-11-15(2)10-16(3)12-17/h4-7,10-12,14,18,20H,8-9,13H2,1-3H3,(H,25,27)/t14-,18-,20-/m0/s1. The lowest BCUT2D eigenvalue weighted by Gasteiger charge is -2.25. The number of benzene rings is 2. The first kappa shape index (κ1) is 19.4. The number of carbonyl (C=O) groups is 3. The van der Waals surface area contributed by atoms with E-state index in [1.165, 1.54) is 4.90 Å². The zero-order valence-electron chi connectivity index (χ0n) is 17.1. The molecule has 4 rings (SSSR count). The van der Waals surface area contributed by atoms with Crippen LogP contribution in [0, 0.1) is 31.6 Å². The quantitative estimate of drug-likeness (QED) is 0.786. The molecule has 1 saturated carbocycles. The van der Waals surface area contributed by atoms with Crippen LogP contribution in [-0.4, -0.2) is 17.7 Å². The maximum atomic E-state index is 13.1. The lowest BCUT2D eigenvalue weighted by Crippen LogP contribution is -2.33. The first-order valence-corrected chi connectivity index (χ1v) is 10.2.